The summed E-state index contributed by atoms with van der Waals surface area (Å²) in [5.41, 5.74) is 8.06. The molecule has 8 nitrogen and oxygen atoms in total. The van der Waals surface area contributed by atoms with Gasteiger partial charge in [-0.25, -0.2) is 15.4 Å². The lowest BCUT2D eigenvalue weighted by Gasteiger charge is -2.34. The number of rotatable bonds is 4. The average molecular weight is 375 g/mol. The highest BCUT2D eigenvalue weighted by Gasteiger charge is 2.42. The van der Waals surface area contributed by atoms with Gasteiger partial charge < -0.3 is 19.1 Å². The Morgan fingerprint density at radius 2 is 1.93 bits per heavy atom. The van der Waals surface area contributed by atoms with E-state index in [0.717, 1.165) is 76.7 Å². The second-order valence-electron chi connectivity index (χ2n) is 7.99. The number of nitrogens with one attached hydrogen (secondary N) is 2. The Labute approximate surface area is 159 Å². The molecule has 0 radical (unpaired) electrons. The van der Waals surface area contributed by atoms with Gasteiger partial charge in [0.25, 0.3) is 0 Å². The largest absolute Gasteiger partial charge is 0.379 e. The van der Waals surface area contributed by atoms with E-state index in [-0.39, 0.29) is 12.1 Å². The van der Waals surface area contributed by atoms with E-state index in [4.69, 9.17) is 14.2 Å². The summed E-state index contributed by atoms with van der Waals surface area (Å²) in [5.74, 6) is 1.48. The van der Waals surface area contributed by atoms with Crippen molar-refractivity contribution in [2.75, 3.05) is 44.4 Å². The number of morpholine rings is 1. The number of ether oxygens (including phenoxy) is 3. The number of aromatic nitrogens is 2. The van der Waals surface area contributed by atoms with Crippen molar-refractivity contribution in [2.45, 2.75) is 50.0 Å². The van der Waals surface area contributed by atoms with Crippen LogP contribution in [-0.4, -0.2) is 67.7 Å². The van der Waals surface area contributed by atoms with Crippen LogP contribution in [0.1, 0.15) is 37.4 Å². The Morgan fingerprint density at radius 3 is 2.78 bits per heavy atom. The summed E-state index contributed by atoms with van der Waals surface area (Å²) in [4.78, 5) is 11.4. The van der Waals surface area contributed by atoms with Gasteiger partial charge in [-0.3, -0.25) is 5.43 Å². The lowest BCUT2D eigenvalue weighted by Crippen LogP contribution is -2.38. The van der Waals surface area contributed by atoms with E-state index in [1.165, 1.54) is 0 Å². The summed E-state index contributed by atoms with van der Waals surface area (Å²) in [6, 6.07) is 2.82. The highest BCUT2D eigenvalue weighted by Crippen LogP contribution is 2.39. The van der Waals surface area contributed by atoms with Crippen LogP contribution in [0, 0.1) is 5.92 Å². The van der Waals surface area contributed by atoms with Crippen molar-refractivity contribution < 1.29 is 14.2 Å². The van der Waals surface area contributed by atoms with Crippen LogP contribution in [0.2, 0.25) is 0 Å². The number of hydrogen-bond acceptors (Lipinski definition) is 8. The molecular weight excluding hydrogens is 346 g/mol. The van der Waals surface area contributed by atoms with Crippen molar-refractivity contribution in [1.82, 2.24) is 20.8 Å². The third-order valence-corrected chi connectivity index (χ3v) is 6.30. The standard InChI is InChI=1S/C19H29N5O3/c1-2-16-15(9-13(1)27-14-3-6-26-11-14)19(23-22-16)17-10-18(21-12-20-17)24-4-7-25-8-5-24/h10,12-16,19,22-23H,1-9,11H2/t13?,14-,15?,16?,19?/m0/s1. The molecule has 1 aliphatic carbocycles. The quantitative estimate of drug-likeness (QED) is 0.800. The van der Waals surface area contributed by atoms with E-state index >= 15 is 0 Å². The summed E-state index contributed by atoms with van der Waals surface area (Å²) in [6.07, 6.45) is 6.63. The molecule has 1 aromatic rings. The predicted octanol–water partition coefficient (Wildman–Crippen LogP) is 0.805. The van der Waals surface area contributed by atoms with E-state index in [2.05, 4.69) is 31.8 Å². The van der Waals surface area contributed by atoms with Crippen LogP contribution in [0.4, 0.5) is 5.82 Å². The number of hydrazine groups is 1. The molecule has 4 aliphatic rings. The molecule has 4 fully saturated rings. The Morgan fingerprint density at radius 1 is 1.00 bits per heavy atom. The van der Waals surface area contributed by atoms with Gasteiger partial charge in [0.15, 0.2) is 0 Å². The maximum atomic E-state index is 6.33. The summed E-state index contributed by atoms with van der Waals surface area (Å²) in [7, 11) is 0. The molecule has 0 spiro atoms. The molecule has 5 rings (SSSR count). The number of fused-ring (bicyclic) bond motifs is 1. The molecule has 2 N–H and O–H groups in total. The van der Waals surface area contributed by atoms with E-state index < -0.39 is 0 Å². The first kappa shape index (κ1) is 17.8. The third kappa shape index (κ3) is 3.82. The fourth-order valence-electron chi connectivity index (χ4n) is 4.82. The van der Waals surface area contributed by atoms with Gasteiger partial charge >= 0.3 is 0 Å². The Hall–Kier alpha value is -1.32. The van der Waals surface area contributed by atoms with Crippen LogP contribution in [0.5, 0.6) is 0 Å². The van der Waals surface area contributed by atoms with Crippen molar-refractivity contribution in [3.8, 4) is 0 Å². The first-order valence-corrected chi connectivity index (χ1v) is 10.3. The summed E-state index contributed by atoms with van der Waals surface area (Å²) in [5, 5.41) is 0. The van der Waals surface area contributed by atoms with E-state index in [0.29, 0.717) is 18.1 Å². The molecule has 0 amide bonds. The van der Waals surface area contributed by atoms with Crippen molar-refractivity contribution in [2.24, 2.45) is 5.92 Å². The first-order chi connectivity index (χ1) is 13.4. The molecule has 148 valence electrons. The number of hydrogen-bond donors (Lipinski definition) is 2. The van der Waals surface area contributed by atoms with E-state index in [1.807, 2.05) is 0 Å². The monoisotopic (exact) mass is 375 g/mol. The van der Waals surface area contributed by atoms with Crippen LogP contribution >= 0.6 is 0 Å². The Bertz CT molecular complexity index is 636. The van der Waals surface area contributed by atoms with Crippen molar-refractivity contribution in [3.05, 3.63) is 18.1 Å². The highest BCUT2D eigenvalue weighted by molar-refractivity contribution is 5.40. The van der Waals surface area contributed by atoms with E-state index in [1.54, 1.807) is 6.33 Å². The SMILES string of the molecule is c1nc(C2NNC3CCC(O[C@H]4CCOC4)CC32)cc(N2CCOCC2)n1. The topological polar surface area (TPSA) is 80.8 Å². The summed E-state index contributed by atoms with van der Waals surface area (Å²) in [6.45, 7) is 4.88. The maximum absolute atomic E-state index is 6.33. The lowest BCUT2D eigenvalue weighted by atomic mass is 9.79. The average Bonchev–Trinajstić information content (AvgIpc) is 3.38. The molecule has 4 unspecified atom stereocenters. The molecular formula is C19H29N5O3. The van der Waals surface area contributed by atoms with Gasteiger partial charge in [0.2, 0.25) is 0 Å². The molecule has 1 saturated carbocycles. The predicted molar refractivity (Wildman–Crippen MR) is 99.3 cm³/mol. The van der Waals surface area contributed by atoms with Gasteiger partial charge in [-0.2, -0.15) is 0 Å². The molecule has 3 aliphatic heterocycles. The fraction of sp³-hybridized carbons (Fsp3) is 0.789. The van der Waals surface area contributed by atoms with Gasteiger partial charge in [0.1, 0.15) is 12.1 Å². The van der Waals surface area contributed by atoms with Gasteiger partial charge in [-0.15, -0.1) is 0 Å². The second-order valence-corrected chi connectivity index (χ2v) is 7.99. The van der Waals surface area contributed by atoms with Gasteiger partial charge in [0.05, 0.1) is 43.8 Å². The molecule has 4 heterocycles. The smallest absolute Gasteiger partial charge is 0.132 e. The van der Waals surface area contributed by atoms with Gasteiger partial charge in [-0.1, -0.05) is 0 Å². The molecule has 5 atom stereocenters. The highest BCUT2D eigenvalue weighted by atomic mass is 16.5. The molecule has 0 aromatic carbocycles. The normalized spacial score (nSPS) is 36.7. The number of anilines is 1. The molecule has 3 saturated heterocycles. The second kappa shape index (κ2) is 7.97. The van der Waals surface area contributed by atoms with Crippen LogP contribution in [0.15, 0.2) is 12.4 Å². The van der Waals surface area contributed by atoms with Crippen LogP contribution in [-0.2, 0) is 14.2 Å². The van der Waals surface area contributed by atoms with Crippen molar-refractivity contribution >= 4 is 5.82 Å². The molecule has 1 aromatic heterocycles. The van der Waals surface area contributed by atoms with Crippen LogP contribution in [0.25, 0.3) is 0 Å². The Kier molecular flexibility index (Phi) is 5.24. The molecule has 27 heavy (non-hydrogen) atoms. The van der Waals surface area contributed by atoms with Gasteiger partial charge in [0, 0.05) is 37.7 Å². The number of nitrogens with zero attached hydrogens (tertiary/aromatic N) is 3. The zero-order chi connectivity index (χ0) is 18.1. The zero-order valence-corrected chi connectivity index (χ0v) is 15.7. The maximum Gasteiger partial charge on any atom is 0.132 e. The lowest BCUT2D eigenvalue weighted by molar-refractivity contribution is -0.0450. The third-order valence-electron chi connectivity index (χ3n) is 6.30. The summed E-state index contributed by atoms with van der Waals surface area (Å²) < 4.78 is 17.3. The zero-order valence-electron chi connectivity index (χ0n) is 15.7. The van der Waals surface area contributed by atoms with Crippen LogP contribution < -0.4 is 15.8 Å². The Balaban J connectivity index is 1.28. The molecule has 0 bridgehead atoms. The minimum atomic E-state index is 0.198. The van der Waals surface area contributed by atoms with Gasteiger partial charge in [-0.05, 0) is 25.7 Å². The van der Waals surface area contributed by atoms with Crippen LogP contribution in [0.3, 0.4) is 0 Å². The summed E-state index contributed by atoms with van der Waals surface area (Å²) >= 11 is 0. The van der Waals surface area contributed by atoms with Crippen molar-refractivity contribution in [1.29, 1.82) is 0 Å². The van der Waals surface area contributed by atoms with Crippen molar-refractivity contribution in [3.63, 3.8) is 0 Å². The minimum absolute atomic E-state index is 0.198. The fourth-order valence-corrected chi connectivity index (χ4v) is 4.82. The minimum Gasteiger partial charge on any atom is -0.379 e. The first-order valence-electron chi connectivity index (χ1n) is 10.3. The van der Waals surface area contributed by atoms with E-state index in [9.17, 15) is 0 Å². The molecule has 8 heteroatoms.